The van der Waals surface area contributed by atoms with Gasteiger partial charge in [0.05, 0.1) is 12.0 Å². The van der Waals surface area contributed by atoms with E-state index in [-0.39, 0.29) is 12.0 Å². The Morgan fingerprint density at radius 1 is 1.16 bits per heavy atom. The first-order chi connectivity index (χ1) is 12.1. The summed E-state index contributed by atoms with van der Waals surface area (Å²) in [6.45, 7) is 4.10. The predicted octanol–water partition coefficient (Wildman–Crippen LogP) is 1.33. The smallest absolute Gasteiger partial charge is 0.311 e. The third-order valence-electron chi connectivity index (χ3n) is 5.30. The molecule has 0 radical (unpaired) electrons. The van der Waals surface area contributed by atoms with E-state index in [4.69, 9.17) is 4.74 Å². The first-order valence-corrected chi connectivity index (χ1v) is 8.62. The van der Waals surface area contributed by atoms with Crippen molar-refractivity contribution in [3.8, 4) is 0 Å². The lowest BCUT2D eigenvalue weighted by atomic mass is 9.74. The number of hydrogen-bond donors (Lipinski definition) is 0. The molecule has 0 aliphatic heterocycles. The van der Waals surface area contributed by atoms with Gasteiger partial charge in [-0.1, -0.05) is 24.3 Å². The van der Waals surface area contributed by atoms with Gasteiger partial charge >= 0.3 is 5.97 Å². The number of aromatic nitrogens is 1. The van der Waals surface area contributed by atoms with Crippen LogP contribution < -0.4 is 10.7 Å². The van der Waals surface area contributed by atoms with E-state index in [0.717, 1.165) is 10.8 Å². The number of nitrogens with zero attached hydrogens (tertiary/aromatic N) is 1. The summed E-state index contributed by atoms with van der Waals surface area (Å²) < 4.78 is 6.95. The highest BCUT2D eigenvalue weighted by atomic mass is 16.5. The molecule has 0 amide bonds. The first-order valence-electron chi connectivity index (χ1n) is 8.62. The second-order valence-corrected chi connectivity index (χ2v) is 6.83. The second kappa shape index (κ2) is 6.72. The van der Waals surface area contributed by atoms with Crippen LogP contribution in [0.4, 0.5) is 0 Å². The maximum atomic E-state index is 12.2. The Bertz CT molecular complexity index is 912. The summed E-state index contributed by atoms with van der Waals surface area (Å²) in [5.41, 5.74) is -0.505. The van der Waals surface area contributed by atoms with Crippen LogP contribution >= 0.6 is 0 Å². The summed E-state index contributed by atoms with van der Waals surface area (Å²) in [6.07, 6.45) is 2.70. The Hall–Kier alpha value is -2.61. The molecule has 25 heavy (non-hydrogen) atoms. The average Bonchev–Trinajstić information content (AvgIpc) is 2.96. The number of carbonyl (C=O) groups excluding carboxylic acids is 3. The van der Waals surface area contributed by atoms with E-state index >= 15 is 0 Å². The molecule has 0 unspecified atom stereocenters. The standard InChI is InChI=1S/C20H21NO4/c1-3-25-19(24)20(2)10-8-14(9-11-20)21-17(12-22)15-6-4-5-7-16(15)18(21)13-23/h4-7,14H,3,8-11H2,1-2H3. The van der Waals surface area contributed by atoms with Crippen LogP contribution in [0.2, 0.25) is 0 Å². The van der Waals surface area contributed by atoms with Crippen molar-refractivity contribution in [2.75, 3.05) is 6.61 Å². The summed E-state index contributed by atoms with van der Waals surface area (Å²) >= 11 is 0. The van der Waals surface area contributed by atoms with Crippen molar-refractivity contribution in [1.82, 2.24) is 4.57 Å². The molecule has 1 aromatic heterocycles. The Kier molecular flexibility index (Phi) is 4.63. The van der Waals surface area contributed by atoms with Crippen LogP contribution in [0.3, 0.4) is 0 Å². The van der Waals surface area contributed by atoms with Gasteiger partial charge in [0.2, 0.25) is 0 Å². The normalized spacial score (nSPS) is 23.0. The van der Waals surface area contributed by atoms with E-state index in [9.17, 15) is 14.4 Å². The topological polar surface area (TPSA) is 65.4 Å². The molecule has 1 aliphatic rings. The van der Waals surface area contributed by atoms with Crippen LogP contribution in [0.1, 0.15) is 45.6 Å². The fraction of sp³-hybridized carbons (Fsp3) is 0.450. The summed E-state index contributed by atoms with van der Waals surface area (Å²) in [5, 5.41) is 2.21. The minimum absolute atomic E-state index is 0.0252. The molecule has 1 aliphatic carbocycles. The van der Waals surface area contributed by atoms with Crippen LogP contribution in [0.25, 0.3) is 10.8 Å². The minimum Gasteiger partial charge on any atom is -0.466 e. The van der Waals surface area contributed by atoms with Gasteiger partial charge in [-0.3, -0.25) is 4.79 Å². The molecule has 5 nitrogen and oxygen atoms in total. The van der Waals surface area contributed by atoms with Crippen molar-refractivity contribution in [3.05, 3.63) is 35.0 Å². The van der Waals surface area contributed by atoms with E-state index in [0.29, 0.717) is 43.0 Å². The highest BCUT2D eigenvalue weighted by molar-refractivity contribution is 5.88. The highest BCUT2D eigenvalue weighted by Gasteiger charge is 2.39. The maximum Gasteiger partial charge on any atom is 0.311 e. The van der Waals surface area contributed by atoms with E-state index in [2.05, 4.69) is 0 Å². The SMILES string of the molecule is CCOC(=O)C1(C)CCC(n2c(=C=O)c3ccccc3c2=C=O)CC1. The molecule has 1 aromatic carbocycles. The first kappa shape index (κ1) is 17.2. The number of benzene rings is 1. The molecule has 1 fully saturated rings. The third kappa shape index (κ3) is 2.82. The van der Waals surface area contributed by atoms with Crippen molar-refractivity contribution in [2.45, 2.75) is 45.6 Å². The molecular weight excluding hydrogens is 318 g/mol. The summed E-state index contributed by atoms with van der Waals surface area (Å²) in [7, 11) is 0. The van der Waals surface area contributed by atoms with Crippen LogP contribution in [0.5, 0.6) is 0 Å². The minimum atomic E-state index is -0.505. The van der Waals surface area contributed by atoms with Gasteiger partial charge in [0.1, 0.15) is 10.7 Å². The molecule has 2 aromatic rings. The molecule has 0 saturated heterocycles. The molecule has 0 atom stereocenters. The van der Waals surface area contributed by atoms with Gasteiger partial charge in [-0.2, -0.15) is 0 Å². The number of ether oxygens (including phenoxy) is 1. The molecule has 5 heteroatoms. The molecule has 1 heterocycles. The van der Waals surface area contributed by atoms with Crippen LogP contribution in [0, 0.1) is 5.41 Å². The van der Waals surface area contributed by atoms with Crippen molar-refractivity contribution in [2.24, 2.45) is 5.41 Å². The zero-order chi connectivity index (χ0) is 18.0. The van der Waals surface area contributed by atoms with Crippen LogP contribution in [-0.2, 0) is 19.1 Å². The van der Waals surface area contributed by atoms with E-state index < -0.39 is 5.41 Å². The molecule has 0 N–H and O–H groups in total. The average molecular weight is 339 g/mol. The zero-order valence-electron chi connectivity index (χ0n) is 14.5. The molecular formula is C20H21NO4. The molecule has 130 valence electrons. The summed E-state index contributed by atoms with van der Waals surface area (Å²) in [6, 6.07) is 7.28. The Morgan fingerprint density at radius 3 is 2.12 bits per heavy atom. The number of fused-ring (bicyclic) bond motifs is 1. The van der Waals surface area contributed by atoms with Gasteiger partial charge < -0.3 is 9.30 Å². The molecule has 3 rings (SSSR count). The van der Waals surface area contributed by atoms with Crippen molar-refractivity contribution in [1.29, 1.82) is 0 Å². The molecule has 0 spiro atoms. The van der Waals surface area contributed by atoms with Gasteiger partial charge in [0.25, 0.3) is 0 Å². The lowest BCUT2D eigenvalue weighted by Gasteiger charge is -2.35. The van der Waals surface area contributed by atoms with Crippen molar-refractivity contribution >= 4 is 28.6 Å². The lowest BCUT2D eigenvalue weighted by molar-refractivity contribution is -0.156. The highest BCUT2D eigenvalue weighted by Crippen LogP contribution is 2.41. The van der Waals surface area contributed by atoms with Gasteiger partial charge in [-0.15, -0.1) is 0 Å². The zero-order valence-corrected chi connectivity index (χ0v) is 14.5. The fourth-order valence-electron chi connectivity index (χ4n) is 3.85. The van der Waals surface area contributed by atoms with Gasteiger partial charge in [0.15, 0.2) is 11.9 Å². The number of hydrogen-bond acceptors (Lipinski definition) is 4. The Labute approximate surface area is 145 Å². The number of carbonyl (C=O) groups is 1. The monoisotopic (exact) mass is 339 g/mol. The van der Waals surface area contributed by atoms with Crippen LogP contribution in [-0.4, -0.2) is 29.0 Å². The number of esters is 1. The van der Waals surface area contributed by atoms with Gasteiger partial charge in [-0.25, -0.2) is 9.59 Å². The Balaban J connectivity index is 2.02. The summed E-state index contributed by atoms with van der Waals surface area (Å²) in [5.74, 6) is 3.82. The third-order valence-corrected chi connectivity index (χ3v) is 5.30. The fourth-order valence-corrected chi connectivity index (χ4v) is 3.85. The van der Waals surface area contributed by atoms with Gasteiger partial charge in [-0.05, 0) is 39.5 Å². The largest absolute Gasteiger partial charge is 0.466 e. The van der Waals surface area contributed by atoms with E-state index in [1.54, 1.807) is 11.5 Å². The maximum absolute atomic E-state index is 12.2. The number of rotatable bonds is 3. The molecule has 0 bridgehead atoms. The second-order valence-electron chi connectivity index (χ2n) is 6.83. The lowest BCUT2D eigenvalue weighted by Crippen LogP contribution is -2.39. The molecule has 1 saturated carbocycles. The van der Waals surface area contributed by atoms with E-state index in [1.165, 1.54) is 0 Å². The summed E-state index contributed by atoms with van der Waals surface area (Å²) in [4.78, 5) is 35.4. The Morgan fingerprint density at radius 2 is 1.68 bits per heavy atom. The van der Waals surface area contributed by atoms with Crippen molar-refractivity contribution in [3.63, 3.8) is 0 Å². The van der Waals surface area contributed by atoms with Crippen molar-refractivity contribution < 1.29 is 19.1 Å². The van der Waals surface area contributed by atoms with E-state index in [1.807, 2.05) is 43.1 Å². The quantitative estimate of drug-likeness (QED) is 0.792. The van der Waals surface area contributed by atoms with Crippen LogP contribution in [0.15, 0.2) is 24.3 Å². The van der Waals surface area contributed by atoms with Gasteiger partial charge in [0, 0.05) is 16.8 Å². The predicted molar refractivity (Wildman–Crippen MR) is 93.0 cm³/mol.